The molecule has 0 unspecified atom stereocenters. The van der Waals surface area contributed by atoms with Gasteiger partial charge in [-0.1, -0.05) is 0 Å². The van der Waals surface area contributed by atoms with Gasteiger partial charge in [-0.3, -0.25) is 14.9 Å². The SMILES string of the molecule is CCOc1cc(NCC2(C(=O)O)CC2)ccc1[N+](=O)[O-]. The van der Waals surface area contributed by atoms with Gasteiger partial charge in [0.1, 0.15) is 0 Å². The summed E-state index contributed by atoms with van der Waals surface area (Å²) in [5.74, 6) is -0.625. The monoisotopic (exact) mass is 280 g/mol. The van der Waals surface area contributed by atoms with E-state index < -0.39 is 16.3 Å². The Morgan fingerprint density at radius 3 is 2.75 bits per heavy atom. The number of hydrogen-bond acceptors (Lipinski definition) is 5. The first-order valence-electron chi connectivity index (χ1n) is 6.37. The Bertz CT molecular complexity index is 540. The zero-order chi connectivity index (χ0) is 14.8. The van der Waals surface area contributed by atoms with Crippen molar-refractivity contribution in [3.63, 3.8) is 0 Å². The van der Waals surface area contributed by atoms with Gasteiger partial charge < -0.3 is 15.2 Å². The molecule has 0 amide bonds. The van der Waals surface area contributed by atoms with Gasteiger partial charge in [0.25, 0.3) is 0 Å². The van der Waals surface area contributed by atoms with Crippen LogP contribution in [0, 0.1) is 15.5 Å². The molecule has 0 saturated heterocycles. The van der Waals surface area contributed by atoms with Crippen molar-refractivity contribution in [1.82, 2.24) is 0 Å². The number of ether oxygens (including phenoxy) is 1. The standard InChI is InChI=1S/C13H16N2O5/c1-2-20-11-7-9(3-4-10(11)15(18)19)14-8-13(5-6-13)12(16)17/h3-4,7,14H,2,5-6,8H2,1H3,(H,16,17). The van der Waals surface area contributed by atoms with Gasteiger partial charge in [-0.25, -0.2) is 0 Å². The van der Waals surface area contributed by atoms with E-state index in [2.05, 4.69) is 5.32 Å². The minimum atomic E-state index is -0.808. The van der Waals surface area contributed by atoms with Crippen molar-refractivity contribution >= 4 is 17.3 Å². The molecule has 0 aliphatic heterocycles. The van der Waals surface area contributed by atoms with Crippen LogP contribution in [0.3, 0.4) is 0 Å². The van der Waals surface area contributed by atoms with Gasteiger partial charge >= 0.3 is 11.7 Å². The summed E-state index contributed by atoms with van der Waals surface area (Å²) in [6, 6.07) is 4.44. The topological polar surface area (TPSA) is 102 Å². The minimum Gasteiger partial charge on any atom is -0.487 e. The fourth-order valence-electron chi connectivity index (χ4n) is 1.93. The zero-order valence-corrected chi connectivity index (χ0v) is 11.1. The molecule has 108 valence electrons. The number of hydrogen-bond donors (Lipinski definition) is 2. The average molecular weight is 280 g/mol. The molecule has 0 spiro atoms. The predicted molar refractivity (Wildman–Crippen MR) is 72.1 cm³/mol. The number of carbonyl (C=O) groups is 1. The normalized spacial score (nSPS) is 15.4. The highest BCUT2D eigenvalue weighted by molar-refractivity contribution is 5.78. The number of benzene rings is 1. The maximum absolute atomic E-state index is 11.1. The van der Waals surface area contributed by atoms with Gasteiger partial charge in [0.15, 0.2) is 5.75 Å². The summed E-state index contributed by atoms with van der Waals surface area (Å²) < 4.78 is 5.24. The number of anilines is 1. The summed E-state index contributed by atoms with van der Waals surface area (Å²) in [6.07, 6.45) is 1.31. The summed E-state index contributed by atoms with van der Waals surface area (Å²) in [5.41, 5.74) is -0.170. The first-order chi connectivity index (χ1) is 9.48. The molecule has 0 heterocycles. The lowest BCUT2D eigenvalue weighted by Gasteiger charge is -2.13. The fraction of sp³-hybridized carbons (Fsp3) is 0.462. The van der Waals surface area contributed by atoms with Gasteiger partial charge in [-0.05, 0) is 25.8 Å². The summed E-state index contributed by atoms with van der Waals surface area (Å²) in [6.45, 7) is 2.38. The van der Waals surface area contributed by atoms with Crippen molar-refractivity contribution in [2.24, 2.45) is 5.41 Å². The Labute approximate surface area is 115 Å². The molecular formula is C13H16N2O5. The molecule has 1 aliphatic rings. The molecule has 1 aliphatic carbocycles. The highest BCUT2D eigenvalue weighted by Crippen LogP contribution is 2.46. The van der Waals surface area contributed by atoms with E-state index in [0.29, 0.717) is 31.7 Å². The number of carboxylic acid groups (broad SMARTS) is 1. The Hall–Kier alpha value is -2.31. The van der Waals surface area contributed by atoms with Gasteiger partial charge in [0, 0.05) is 24.4 Å². The first kappa shape index (κ1) is 14.1. The maximum atomic E-state index is 11.1. The number of nitrogens with zero attached hydrogens (tertiary/aromatic N) is 1. The molecule has 1 aromatic carbocycles. The number of nitro groups is 1. The van der Waals surface area contributed by atoms with E-state index in [1.807, 2.05) is 0 Å². The molecule has 2 rings (SSSR count). The van der Waals surface area contributed by atoms with Crippen LogP contribution in [0.5, 0.6) is 5.75 Å². The highest BCUT2D eigenvalue weighted by Gasteiger charge is 2.50. The largest absolute Gasteiger partial charge is 0.487 e. The molecule has 20 heavy (non-hydrogen) atoms. The van der Waals surface area contributed by atoms with Gasteiger partial charge in [-0.2, -0.15) is 0 Å². The third-order valence-electron chi connectivity index (χ3n) is 3.39. The van der Waals surface area contributed by atoms with Crippen LogP contribution < -0.4 is 10.1 Å². The van der Waals surface area contributed by atoms with Crippen molar-refractivity contribution in [1.29, 1.82) is 0 Å². The molecule has 0 radical (unpaired) electrons. The van der Waals surface area contributed by atoms with Crippen LogP contribution in [0.2, 0.25) is 0 Å². The Morgan fingerprint density at radius 1 is 1.55 bits per heavy atom. The van der Waals surface area contributed by atoms with Crippen LogP contribution in [-0.2, 0) is 4.79 Å². The van der Waals surface area contributed by atoms with Crippen molar-refractivity contribution in [3.8, 4) is 5.75 Å². The molecular weight excluding hydrogens is 264 g/mol. The van der Waals surface area contributed by atoms with Gasteiger partial charge in [0.05, 0.1) is 16.9 Å². The van der Waals surface area contributed by atoms with Crippen molar-refractivity contribution in [2.75, 3.05) is 18.5 Å². The number of aliphatic carboxylic acids is 1. The van der Waals surface area contributed by atoms with Crippen LogP contribution in [0.1, 0.15) is 19.8 Å². The Kier molecular flexibility index (Phi) is 3.78. The van der Waals surface area contributed by atoms with E-state index in [1.54, 1.807) is 13.0 Å². The molecule has 0 atom stereocenters. The number of rotatable bonds is 7. The lowest BCUT2D eigenvalue weighted by molar-refractivity contribution is -0.385. The Balaban J connectivity index is 2.11. The van der Waals surface area contributed by atoms with Crippen LogP contribution in [0.15, 0.2) is 18.2 Å². The fourth-order valence-corrected chi connectivity index (χ4v) is 1.93. The second kappa shape index (κ2) is 5.36. The van der Waals surface area contributed by atoms with Crippen LogP contribution in [0.4, 0.5) is 11.4 Å². The zero-order valence-electron chi connectivity index (χ0n) is 11.1. The Morgan fingerprint density at radius 2 is 2.25 bits per heavy atom. The van der Waals surface area contributed by atoms with Crippen LogP contribution >= 0.6 is 0 Å². The third kappa shape index (κ3) is 2.81. The van der Waals surface area contributed by atoms with E-state index in [1.165, 1.54) is 12.1 Å². The van der Waals surface area contributed by atoms with Crippen molar-refractivity contribution in [2.45, 2.75) is 19.8 Å². The van der Waals surface area contributed by atoms with E-state index in [0.717, 1.165) is 0 Å². The summed E-state index contributed by atoms with van der Waals surface area (Å²) >= 11 is 0. The van der Waals surface area contributed by atoms with Gasteiger partial charge in [-0.15, -0.1) is 0 Å². The van der Waals surface area contributed by atoms with E-state index >= 15 is 0 Å². The second-order valence-corrected chi connectivity index (χ2v) is 4.81. The smallest absolute Gasteiger partial charge is 0.311 e. The highest BCUT2D eigenvalue weighted by atomic mass is 16.6. The van der Waals surface area contributed by atoms with Crippen molar-refractivity contribution in [3.05, 3.63) is 28.3 Å². The predicted octanol–water partition coefficient (Wildman–Crippen LogP) is 2.27. The molecule has 0 aromatic heterocycles. The number of carboxylic acids is 1. The average Bonchev–Trinajstić information content (AvgIpc) is 3.18. The molecule has 7 heteroatoms. The number of nitrogens with one attached hydrogen (secondary N) is 1. The van der Waals surface area contributed by atoms with Crippen molar-refractivity contribution < 1.29 is 19.6 Å². The van der Waals surface area contributed by atoms with Gasteiger partial charge in [0.2, 0.25) is 0 Å². The molecule has 1 saturated carbocycles. The molecule has 0 bridgehead atoms. The molecule has 7 nitrogen and oxygen atoms in total. The lowest BCUT2D eigenvalue weighted by atomic mass is 10.1. The van der Waals surface area contributed by atoms with Crippen LogP contribution in [0.25, 0.3) is 0 Å². The summed E-state index contributed by atoms with van der Waals surface area (Å²) in [7, 11) is 0. The first-order valence-corrected chi connectivity index (χ1v) is 6.37. The van der Waals surface area contributed by atoms with E-state index in [9.17, 15) is 14.9 Å². The van der Waals surface area contributed by atoms with E-state index in [4.69, 9.17) is 9.84 Å². The maximum Gasteiger partial charge on any atom is 0.311 e. The lowest BCUT2D eigenvalue weighted by Crippen LogP contribution is -2.24. The molecule has 1 fully saturated rings. The van der Waals surface area contributed by atoms with Crippen LogP contribution in [-0.4, -0.2) is 29.2 Å². The minimum absolute atomic E-state index is 0.100. The molecule has 1 aromatic rings. The third-order valence-corrected chi connectivity index (χ3v) is 3.39. The van der Waals surface area contributed by atoms with E-state index in [-0.39, 0.29) is 11.4 Å². The quantitative estimate of drug-likeness (QED) is 0.586. The summed E-state index contributed by atoms with van der Waals surface area (Å²) in [4.78, 5) is 21.4. The second-order valence-electron chi connectivity index (χ2n) is 4.81. The molecule has 2 N–H and O–H groups in total. The summed E-state index contributed by atoms with van der Waals surface area (Å²) in [5, 5.41) is 22.9. The number of nitro benzene ring substituents is 1.